The molecule has 0 aromatic heterocycles. The third-order valence-electron chi connectivity index (χ3n) is 1.91. The second-order valence-corrected chi connectivity index (χ2v) is 3.57. The van der Waals surface area contributed by atoms with Crippen molar-refractivity contribution in [2.45, 2.75) is 30.1 Å². The van der Waals surface area contributed by atoms with Crippen molar-refractivity contribution in [3.63, 3.8) is 0 Å². The van der Waals surface area contributed by atoms with Crippen LogP contribution in [0.25, 0.3) is 0 Å². The van der Waals surface area contributed by atoms with Gasteiger partial charge in [-0.05, 0) is 0 Å². The number of rotatable bonds is 3. The van der Waals surface area contributed by atoms with Crippen molar-refractivity contribution in [3.05, 3.63) is 11.4 Å². The molecule has 0 nitrogen and oxygen atoms in total. The van der Waals surface area contributed by atoms with Crippen LogP contribution in [0.15, 0.2) is 11.4 Å². The van der Waals surface area contributed by atoms with Gasteiger partial charge in [-0.15, -0.1) is 0 Å². The van der Waals surface area contributed by atoms with Crippen molar-refractivity contribution in [2.24, 2.45) is 0 Å². The molecular formula is C7H2ClF11. The molecule has 19 heavy (non-hydrogen) atoms. The molecule has 1 unspecified atom stereocenters. The fraction of sp³-hybridized carbons (Fsp3) is 0.714. The van der Waals surface area contributed by atoms with E-state index in [4.69, 9.17) is 0 Å². The molecule has 0 aliphatic heterocycles. The van der Waals surface area contributed by atoms with Crippen molar-refractivity contribution in [1.82, 2.24) is 0 Å². The van der Waals surface area contributed by atoms with Gasteiger partial charge < -0.3 is 0 Å². The first-order valence-corrected chi connectivity index (χ1v) is 4.32. The zero-order valence-corrected chi connectivity index (χ0v) is 8.95. The van der Waals surface area contributed by atoms with E-state index in [0.717, 1.165) is 0 Å². The summed E-state index contributed by atoms with van der Waals surface area (Å²) in [5.41, 5.74) is -7.23. The van der Waals surface area contributed by atoms with E-state index >= 15 is 0 Å². The van der Waals surface area contributed by atoms with Gasteiger partial charge in [0, 0.05) is 0 Å². The highest BCUT2D eigenvalue weighted by molar-refractivity contribution is 6.30. The van der Waals surface area contributed by atoms with Crippen molar-refractivity contribution in [2.75, 3.05) is 0 Å². The van der Waals surface area contributed by atoms with Gasteiger partial charge in [0.25, 0.3) is 0 Å². The van der Waals surface area contributed by atoms with Crippen LogP contribution in [0, 0.1) is 0 Å². The lowest BCUT2D eigenvalue weighted by atomic mass is 9.92. The maximum Gasteiger partial charge on any atom is 0.437 e. The van der Waals surface area contributed by atoms with Gasteiger partial charge in [-0.3, -0.25) is 0 Å². The quantitative estimate of drug-likeness (QED) is 0.649. The first-order chi connectivity index (χ1) is 8.14. The number of hydrogen-bond donors (Lipinski definition) is 0. The molecule has 12 heteroatoms. The van der Waals surface area contributed by atoms with E-state index in [1.165, 1.54) is 0 Å². The summed E-state index contributed by atoms with van der Waals surface area (Å²) in [6.45, 7) is 0. The lowest BCUT2D eigenvalue weighted by Crippen LogP contribution is -2.67. The molecule has 114 valence electrons. The third-order valence-corrected chi connectivity index (χ3v) is 2.18. The van der Waals surface area contributed by atoms with Gasteiger partial charge in [0.05, 0.1) is 5.03 Å². The Bertz CT molecular complexity index is 337. The van der Waals surface area contributed by atoms with Gasteiger partial charge in [0.2, 0.25) is 6.17 Å². The van der Waals surface area contributed by atoms with E-state index in [9.17, 15) is 48.3 Å². The molecule has 0 radical (unpaired) electrons. The minimum atomic E-state index is -7.23. The van der Waals surface area contributed by atoms with E-state index in [1.54, 1.807) is 0 Å². The average Bonchev–Trinajstić information content (AvgIpc) is 2.22. The molecule has 1 atom stereocenters. The highest BCUT2D eigenvalue weighted by Crippen LogP contribution is 2.57. The van der Waals surface area contributed by atoms with Crippen molar-refractivity contribution >= 4 is 11.6 Å². The Morgan fingerprint density at radius 1 is 0.842 bits per heavy atom. The standard InChI is InChI=1S/C7H2ClF11/c8-2(1-9)3(10)4(11,12)5(13,6(14,15)16)7(17,18)19/h1,3H. The van der Waals surface area contributed by atoms with E-state index in [1.807, 2.05) is 0 Å². The van der Waals surface area contributed by atoms with Crippen LogP contribution in [0.2, 0.25) is 0 Å². The number of allylic oxidation sites excluding steroid dienone is 1. The van der Waals surface area contributed by atoms with Crippen LogP contribution in [-0.4, -0.2) is 30.1 Å². The van der Waals surface area contributed by atoms with Crippen molar-refractivity contribution < 1.29 is 48.3 Å². The molecule has 0 bridgehead atoms. The smallest absolute Gasteiger partial charge is 0.234 e. The Morgan fingerprint density at radius 2 is 1.16 bits per heavy atom. The van der Waals surface area contributed by atoms with Crippen molar-refractivity contribution in [1.29, 1.82) is 0 Å². The summed E-state index contributed by atoms with van der Waals surface area (Å²) in [5, 5.41) is -2.35. The summed E-state index contributed by atoms with van der Waals surface area (Å²) in [4.78, 5) is 0. The zero-order chi connectivity index (χ0) is 15.9. The molecule has 0 aromatic rings. The maximum absolute atomic E-state index is 12.9. The predicted molar refractivity (Wildman–Crippen MR) is 40.8 cm³/mol. The van der Waals surface area contributed by atoms with Gasteiger partial charge in [0.15, 0.2) is 0 Å². The zero-order valence-electron chi connectivity index (χ0n) is 8.19. The molecule has 0 aromatic carbocycles. The second-order valence-electron chi connectivity index (χ2n) is 3.13. The summed E-state index contributed by atoms with van der Waals surface area (Å²) < 4.78 is 134. The van der Waals surface area contributed by atoms with Crippen LogP contribution in [0.5, 0.6) is 0 Å². The topological polar surface area (TPSA) is 0 Å². The maximum atomic E-state index is 12.9. The minimum Gasteiger partial charge on any atom is -0.234 e. The van der Waals surface area contributed by atoms with Gasteiger partial charge in [0.1, 0.15) is 6.33 Å². The lowest BCUT2D eigenvalue weighted by Gasteiger charge is -2.37. The fourth-order valence-electron chi connectivity index (χ4n) is 0.942. The van der Waals surface area contributed by atoms with Crippen LogP contribution >= 0.6 is 11.6 Å². The van der Waals surface area contributed by atoms with Crippen LogP contribution in [0.3, 0.4) is 0 Å². The molecule has 0 heterocycles. The summed E-state index contributed by atoms with van der Waals surface area (Å²) in [6.07, 6.45) is -20.3. The Labute approximate surface area is 102 Å². The van der Waals surface area contributed by atoms with E-state index in [2.05, 4.69) is 11.6 Å². The molecule has 0 N–H and O–H groups in total. The first kappa shape index (κ1) is 18.3. The van der Waals surface area contributed by atoms with Gasteiger partial charge in [-0.1, -0.05) is 11.6 Å². The van der Waals surface area contributed by atoms with Gasteiger partial charge in [-0.2, -0.15) is 35.1 Å². The predicted octanol–water partition coefficient (Wildman–Crippen LogP) is 4.84. The number of alkyl halides is 10. The van der Waals surface area contributed by atoms with Crippen LogP contribution in [0.4, 0.5) is 48.3 Å². The molecule has 0 rings (SSSR count). The largest absolute Gasteiger partial charge is 0.437 e. The molecular weight excluding hydrogens is 329 g/mol. The molecule has 0 saturated heterocycles. The van der Waals surface area contributed by atoms with Gasteiger partial charge in [-0.25, -0.2) is 13.2 Å². The first-order valence-electron chi connectivity index (χ1n) is 3.94. The molecule has 0 aliphatic carbocycles. The summed E-state index contributed by atoms with van der Waals surface area (Å²) in [5.74, 6) is -6.72. The fourth-order valence-corrected chi connectivity index (χ4v) is 1.08. The molecule has 0 fully saturated rings. The van der Waals surface area contributed by atoms with E-state index in [-0.39, 0.29) is 0 Å². The number of halogens is 12. The van der Waals surface area contributed by atoms with Crippen molar-refractivity contribution in [3.8, 4) is 0 Å². The second kappa shape index (κ2) is 4.98. The Hall–Kier alpha value is -0.740. The van der Waals surface area contributed by atoms with Crippen LogP contribution < -0.4 is 0 Å². The van der Waals surface area contributed by atoms with Crippen LogP contribution in [0.1, 0.15) is 0 Å². The SMILES string of the molecule is FC=C(Cl)C(F)C(F)(F)C(F)(C(F)(F)F)C(F)(F)F. The Morgan fingerprint density at radius 3 is 1.37 bits per heavy atom. The highest BCUT2D eigenvalue weighted by atomic mass is 35.5. The molecule has 0 amide bonds. The minimum absolute atomic E-state index is 1.21. The average molecular weight is 331 g/mol. The van der Waals surface area contributed by atoms with E-state index < -0.39 is 41.5 Å². The van der Waals surface area contributed by atoms with Crippen LogP contribution in [-0.2, 0) is 0 Å². The molecule has 0 spiro atoms. The van der Waals surface area contributed by atoms with E-state index in [0.29, 0.717) is 0 Å². The summed E-state index contributed by atoms with van der Waals surface area (Å²) in [6, 6.07) is 0. The monoisotopic (exact) mass is 330 g/mol. The summed E-state index contributed by atoms with van der Waals surface area (Å²) in [7, 11) is 0. The summed E-state index contributed by atoms with van der Waals surface area (Å²) >= 11 is 4.34. The lowest BCUT2D eigenvalue weighted by molar-refractivity contribution is -0.402. The molecule has 0 aliphatic rings. The number of hydrogen-bond acceptors (Lipinski definition) is 0. The highest BCUT2D eigenvalue weighted by Gasteiger charge is 2.86. The Kier molecular flexibility index (Phi) is 4.79. The van der Waals surface area contributed by atoms with Gasteiger partial charge >= 0.3 is 23.9 Å². The third kappa shape index (κ3) is 2.75. The normalized spacial score (nSPS) is 17.6. The Balaban J connectivity index is 6.05. The molecule has 0 saturated carbocycles.